The molecule has 0 fully saturated rings. The van der Waals surface area contributed by atoms with Crippen LogP contribution in [0.25, 0.3) is 11.3 Å². The fourth-order valence-electron chi connectivity index (χ4n) is 2.84. The largest absolute Gasteiger partial charge is 0.333 e. The van der Waals surface area contributed by atoms with Crippen molar-refractivity contribution in [3.63, 3.8) is 0 Å². The van der Waals surface area contributed by atoms with Crippen LogP contribution in [0.1, 0.15) is 21.5 Å². The highest BCUT2D eigenvalue weighted by atomic mass is 32.1. The van der Waals surface area contributed by atoms with E-state index in [2.05, 4.69) is 28.3 Å². The minimum Gasteiger partial charge on any atom is -0.333 e. The Labute approximate surface area is 161 Å². The average Bonchev–Trinajstić information content (AvgIpc) is 3.35. The molecule has 134 valence electrons. The lowest BCUT2D eigenvalue weighted by atomic mass is 10.1. The van der Waals surface area contributed by atoms with Gasteiger partial charge in [-0.3, -0.25) is 10.1 Å². The fourth-order valence-corrected chi connectivity index (χ4v) is 3.54. The molecule has 0 aliphatic rings. The fraction of sp³-hybridized carbons (Fsp3) is 0.0952. The molecule has 0 atom stereocenters. The maximum Gasteiger partial charge on any atom is 0.257 e. The van der Waals surface area contributed by atoms with Crippen molar-refractivity contribution in [1.29, 1.82) is 0 Å². The van der Waals surface area contributed by atoms with E-state index in [1.165, 1.54) is 11.3 Å². The summed E-state index contributed by atoms with van der Waals surface area (Å²) in [6.45, 7) is 2.78. The van der Waals surface area contributed by atoms with Gasteiger partial charge in [-0.25, -0.2) is 9.97 Å². The molecule has 0 bridgehead atoms. The highest BCUT2D eigenvalue weighted by molar-refractivity contribution is 7.14. The van der Waals surface area contributed by atoms with Gasteiger partial charge in [0.05, 0.1) is 12.0 Å². The van der Waals surface area contributed by atoms with E-state index in [9.17, 15) is 4.79 Å². The molecule has 5 nitrogen and oxygen atoms in total. The summed E-state index contributed by atoms with van der Waals surface area (Å²) < 4.78 is 1.98. The summed E-state index contributed by atoms with van der Waals surface area (Å²) in [5.41, 5.74) is 4.84. The number of amides is 1. The van der Waals surface area contributed by atoms with E-state index in [1.54, 1.807) is 12.5 Å². The standard InChI is InChI=1S/C21H18N4OS/c1-15-4-2-3-5-18(15)19-13-27-21(23-19)24-20(26)17-8-6-16(7-9-17)12-25-11-10-22-14-25/h2-11,13-14H,12H2,1H3,(H,23,24,26). The van der Waals surface area contributed by atoms with Crippen molar-refractivity contribution in [2.75, 3.05) is 5.32 Å². The van der Waals surface area contributed by atoms with E-state index in [1.807, 2.05) is 58.6 Å². The second-order valence-electron chi connectivity index (χ2n) is 6.24. The summed E-state index contributed by atoms with van der Waals surface area (Å²) in [5, 5.41) is 5.45. The molecular formula is C21H18N4OS. The van der Waals surface area contributed by atoms with Crippen molar-refractivity contribution in [2.24, 2.45) is 0 Å². The highest BCUT2D eigenvalue weighted by Crippen LogP contribution is 2.27. The number of carbonyl (C=O) groups excluding carboxylic acids is 1. The van der Waals surface area contributed by atoms with Gasteiger partial charge in [0, 0.05) is 35.4 Å². The highest BCUT2D eigenvalue weighted by Gasteiger charge is 2.11. The molecule has 0 aliphatic heterocycles. The van der Waals surface area contributed by atoms with E-state index < -0.39 is 0 Å². The number of imidazole rings is 1. The van der Waals surface area contributed by atoms with Gasteiger partial charge in [0.1, 0.15) is 0 Å². The number of carbonyl (C=O) groups is 1. The lowest BCUT2D eigenvalue weighted by Gasteiger charge is -2.05. The Morgan fingerprint density at radius 1 is 1.15 bits per heavy atom. The van der Waals surface area contributed by atoms with Gasteiger partial charge in [-0.05, 0) is 30.2 Å². The molecule has 0 unspecified atom stereocenters. The third kappa shape index (κ3) is 3.96. The first-order valence-corrected chi connectivity index (χ1v) is 9.44. The van der Waals surface area contributed by atoms with Crippen LogP contribution in [0.2, 0.25) is 0 Å². The number of thiazole rings is 1. The number of nitrogens with one attached hydrogen (secondary N) is 1. The summed E-state index contributed by atoms with van der Waals surface area (Å²) in [6, 6.07) is 15.7. The molecule has 27 heavy (non-hydrogen) atoms. The molecule has 0 saturated carbocycles. The van der Waals surface area contributed by atoms with Crippen LogP contribution in [-0.4, -0.2) is 20.4 Å². The Bertz CT molecular complexity index is 1050. The van der Waals surface area contributed by atoms with Gasteiger partial charge in [-0.2, -0.15) is 0 Å². The van der Waals surface area contributed by atoms with Gasteiger partial charge >= 0.3 is 0 Å². The average molecular weight is 374 g/mol. The van der Waals surface area contributed by atoms with Crippen molar-refractivity contribution >= 4 is 22.4 Å². The van der Waals surface area contributed by atoms with Crippen molar-refractivity contribution in [1.82, 2.24) is 14.5 Å². The molecule has 0 saturated heterocycles. The number of aromatic nitrogens is 3. The first-order chi connectivity index (χ1) is 13.2. The monoisotopic (exact) mass is 374 g/mol. The van der Waals surface area contributed by atoms with E-state index in [0.29, 0.717) is 10.7 Å². The molecule has 1 amide bonds. The van der Waals surface area contributed by atoms with Crippen LogP contribution in [0.5, 0.6) is 0 Å². The van der Waals surface area contributed by atoms with Gasteiger partial charge < -0.3 is 4.57 Å². The zero-order valence-electron chi connectivity index (χ0n) is 14.8. The van der Waals surface area contributed by atoms with E-state index in [0.717, 1.165) is 28.9 Å². The molecule has 4 aromatic rings. The predicted octanol–water partition coefficient (Wildman–Crippen LogP) is 4.62. The van der Waals surface area contributed by atoms with Gasteiger partial charge in [0.2, 0.25) is 0 Å². The van der Waals surface area contributed by atoms with Crippen LogP contribution in [-0.2, 0) is 6.54 Å². The van der Waals surface area contributed by atoms with Crippen molar-refractivity contribution in [3.05, 3.63) is 89.3 Å². The second-order valence-corrected chi connectivity index (χ2v) is 7.10. The summed E-state index contributed by atoms with van der Waals surface area (Å²) in [4.78, 5) is 21.1. The zero-order valence-corrected chi connectivity index (χ0v) is 15.6. The Morgan fingerprint density at radius 3 is 2.70 bits per heavy atom. The number of hydrogen-bond donors (Lipinski definition) is 1. The maximum absolute atomic E-state index is 12.5. The van der Waals surface area contributed by atoms with Crippen LogP contribution in [0.15, 0.2) is 72.6 Å². The molecule has 2 aromatic heterocycles. The van der Waals surface area contributed by atoms with Gasteiger partial charge in [0.15, 0.2) is 5.13 Å². The third-order valence-corrected chi connectivity index (χ3v) is 5.04. The first-order valence-electron chi connectivity index (χ1n) is 8.56. The number of benzene rings is 2. The molecule has 0 aliphatic carbocycles. The lowest BCUT2D eigenvalue weighted by Crippen LogP contribution is -2.11. The van der Waals surface area contributed by atoms with Crippen LogP contribution in [0, 0.1) is 6.92 Å². The summed E-state index contributed by atoms with van der Waals surface area (Å²) in [5.74, 6) is -0.158. The molecule has 2 aromatic carbocycles. The lowest BCUT2D eigenvalue weighted by molar-refractivity contribution is 0.102. The van der Waals surface area contributed by atoms with Crippen LogP contribution < -0.4 is 5.32 Å². The van der Waals surface area contributed by atoms with E-state index in [4.69, 9.17) is 0 Å². The predicted molar refractivity (Wildman–Crippen MR) is 108 cm³/mol. The van der Waals surface area contributed by atoms with E-state index in [-0.39, 0.29) is 5.91 Å². The van der Waals surface area contributed by atoms with Crippen LogP contribution in [0.4, 0.5) is 5.13 Å². The Balaban J connectivity index is 1.44. The molecule has 6 heteroatoms. The maximum atomic E-state index is 12.5. The molecular weight excluding hydrogens is 356 g/mol. The Kier molecular flexibility index (Phi) is 4.80. The summed E-state index contributed by atoms with van der Waals surface area (Å²) in [7, 11) is 0. The van der Waals surface area contributed by atoms with Crippen molar-refractivity contribution in [3.8, 4) is 11.3 Å². The molecule has 4 rings (SSSR count). The second kappa shape index (κ2) is 7.55. The SMILES string of the molecule is Cc1ccccc1-c1csc(NC(=O)c2ccc(Cn3ccnc3)cc2)n1. The number of anilines is 1. The molecule has 2 heterocycles. The minimum atomic E-state index is -0.158. The number of nitrogens with zero attached hydrogens (tertiary/aromatic N) is 3. The van der Waals surface area contributed by atoms with Gasteiger partial charge in [0.25, 0.3) is 5.91 Å². The van der Waals surface area contributed by atoms with Crippen LogP contribution >= 0.6 is 11.3 Å². The smallest absolute Gasteiger partial charge is 0.257 e. The van der Waals surface area contributed by atoms with Gasteiger partial charge in [-0.15, -0.1) is 11.3 Å². The summed E-state index contributed by atoms with van der Waals surface area (Å²) in [6.07, 6.45) is 5.44. The quantitative estimate of drug-likeness (QED) is 0.555. The zero-order chi connectivity index (χ0) is 18.6. The number of hydrogen-bond acceptors (Lipinski definition) is 4. The number of rotatable bonds is 5. The third-order valence-electron chi connectivity index (χ3n) is 4.29. The van der Waals surface area contributed by atoms with Crippen molar-refractivity contribution in [2.45, 2.75) is 13.5 Å². The topological polar surface area (TPSA) is 59.8 Å². The van der Waals surface area contributed by atoms with Gasteiger partial charge in [-0.1, -0.05) is 36.4 Å². The normalized spacial score (nSPS) is 10.7. The first kappa shape index (κ1) is 17.2. The summed E-state index contributed by atoms with van der Waals surface area (Å²) >= 11 is 1.43. The number of aryl methyl sites for hydroxylation is 1. The molecule has 0 radical (unpaired) electrons. The van der Waals surface area contributed by atoms with Crippen molar-refractivity contribution < 1.29 is 4.79 Å². The van der Waals surface area contributed by atoms with Crippen LogP contribution in [0.3, 0.4) is 0 Å². The van der Waals surface area contributed by atoms with E-state index >= 15 is 0 Å². The Morgan fingerprint density at radius 2 is 1.96 bits per heavy atom. The Hall–Kier alpha value is -3.25. The molecule has 1 N–H and O–H groups in total. The minimum absolute atomic E-state index is 0.158. The molecule has 0 spiro atoms.